The van der Waals surface area contributed by atoms with Gasteiger partial charge in [0, 0.05) is 12.1 Å². The van der Waals surface area contributed by atoms with E-state index in [4.69, 9.17) is 4.74 Å². The lowest BCUT2D eigenvalue weighted by molar-refractivity contribution is -0.121. The van der Waals surface area contributed by atoms with Gasteiger partial charge in [-0.15, -0.1) is 6.58 Å². The Morgan fingerprint density at radius 3 is 2.90 bits per heavy atom. The Morgan fingerprint density at radius 1 is 1.27 bits per heavy atom. The maximum Gasteiger partial charge on any atom is 0.335 e. The quantitative estimate of drug-likeness (QED) is 0.572. The molecule has 0 aliphatic carbocycles. The fraction of sp³-hybridized carbons (Fsp3) is 0.0870. The van der Waals surface area contributed by atoms with Crippen molar-refractivity contribution in [2.24, 2.45) is 4.99 Å². The normalized spacial score (nSPS) is 18.2. The van der Waals surface area contributed by atoms with Crippen LogP contribution in [-0.2, 0) is 4.79 Å². The van der Waals surface area contributed by atoms with Gasteiger partial charge in [0.1, 0.15) is 12.4 Å². The lowest BCUT2D eigenvalue weighted by Gasteiger charge is -2.16. The number of hydrogen-bond donors (Lipinski definition) is 1. The largest absolute Gasteiger partial charge is 0.488 e. The molecule has 2 aromatic carbocycles. The molecule has 2 heterocycles. The Bertz CT molecular complexity index is 1130. The molecular formula is C23H18N2O4S. The number of thioether (sulfide) groups is 1. The predicted molar refractivity (Wildman–Crippen MR) is 118 cm³/mol. The Balaban J connectivity index is 1.66. The maximum absolute atomic E-state index is 12.9. The van der Waals surface area contributed by atoms with Crippen molar-refractivity contribution in [3.63, 3.8) is 0 Å². The molecule has 1 fully saturated rings. The number of amides is 1. The Labute approximate surface area is 177 Å². The fourth-order valence-electron chi connectivity index (χ4n) is 3.09. The smallest absolute Gasteiger partial charge is 0.335 e. The lowest BCUT2D eigenvalue weighted by atomic mass is 10.1. The van der Waals surface area contributed by atoms with E-state index in [1.54, 1.807) is 18.2 Å². The number of fused-ring (bicyclic) bond motifs is 1. The monoisotopic (exact) mass is 418 g/mol. The maximum atomic E-state index is 12.9. The second-order valence-electron chi connectivity index (χ2n) is 6.61. The van der Waals surface area contributed by atoms with Gasteiger partial charge in [-0.25, -0.2) is 9.79 Å². The zero-order valence-electron chi connectivity index (χ0n) is 15.9. The average Bonchev–Trinajstić information content (AvgIpc) is 3.03. The van der Waals surface area contributed by atoms with Crippen LogP contribution in [0.4, 0.5) is 5.69 Å². The summed E-state index contributed by atoms with van der Waals surface area (Å²) in [5.41, 5.74) is 2.46. The van der Waals surface area contributed by atoms with Crippen molar-refractivity contribution in [3.8, 4) is 5.75 Å². The number of rotatable bonds is 5. The summed E-state index contributed by atoms with van der Waals surface area (Å²) in [5.74, 6) is -0.382. The molecule has 2 aliphatic heterocycles. The average molecular weight is 418 g/mol. The number of carbonyl (C=O) groups is 2. The number of hydrogen-bond acceptors (Lipinski definition) is 5. The highest BCUT2D eigenvalue weighted by Gasteiger charge is 2.33. The SMILES string of the molecule is C=CCN1C(=O)/C(=C/C2=Cc3ccccc3OC2)SC1=Nc1cccc(C(=O)O)c1. The molecule has 0 aromatic heterocycles. The summed E-state index contributed by atoms with van der Waals surface area (Å²) in [7, 11) is 0. The van der Waals surface area contributed by atoms with Gasteiger partial charge in [0.15, 0.2) is 5.17 Å². The highest BCUT2D eigenvalue weighted by atomic mass is 32.2. The van der Waals surface area contributed by atoms with E-state index in [2.05, 4.69) is 11.6 Å². The number of carbonyl (C=O) groups excluding carboxylic acids is 1. The molecule has 0 saturated carbocycles. The predicted octanol–water partition coefficient (Wildman–Crippen LogP) is 4.49. The van der Waals surface area contributed by atoms with Gasteiger partial charge in [0.25, 0.3) is 5.91 Å². The fourth-order valence-corrected chi connectivity index (χ4v) is 4.11. The first-order valence-electron chi connectivity index (χ1n) is 9.22. The topological polar surface area (TPSA) is 79.2 Å². The molecule has 0 bridgehead atoms. The number of para-hydroxylation sites is 1. The number of aromatic carboxylic acids is 1. The molecule has 0 spiro atoms. The highest BCUT2D eigenvalue weighted by Crippen LogP contribution is 2.35. The molecule has 4 rings (SSSR count). The molecule has 2 aliphatic rings. The Hall–Kier alpha value is -3.58. The number of aliphatic imine (C=N–C) groups is 1. The first-order chi connectivity index (χ1) is 14.5. The standard InChI is InChI=1S/C23H18N2O4S/c1-2-10-25-21(26)20(12-15-11-16-6-3-4-9-19(16)29-14-15)30-23(25)24-18-8-5-7-17(13-18)22(27)28/h2-9,11-13H,1,10,14H2,(H,27,28)/b20-12-,24-23?. The molecule has 1 N–H and O–H groups in total. The van der Waals surface area contributed by atoms with Crippen molar-refractivity contribution in [2.75, 3.05) is 13.2 Å². The van der Waals surface area contributed by atoms with Gasteiger partial charge in [-0.3, -0.25) is 9.69 Å². The van der Waals surface area contributed by atoms with E-state index in [1.807, 2.05) is 36.4 Å². The molecule has 1 saturated heterocycles. The summed E-state index contributed by atoms with van der Waals surface area (Å²) in [5, 5.41) is 9.66. The van der Waals surface area contributed by atoms with Gasteiger partial charge in [-0.05, 0) is 53.8 Å². The van der Waals surface area contributed by atoms with Crippen molar-refractivity contribution in [1.29, 1.82) is 0 Å². The summed E-state index contributed by atoms with van der Waals surface area (Å²) >= 11 is 1.25. The second kappa shape index (κ2) is 8.42. The summed E-state index contributed by atoms with van der Waals surface area (Å²) < 4.78 is 5.76. The van der Waals surface area contributed by atoms with E-state index in [0.29, 0.717) is 28.9 Å². The van der Waals surface area contributed by atoms with Gasteiger partial charge < -0.3 is 9.84 Å². The van der Waals surface area contributed by atoms with Crippen LogP contribution >= 0.6 is 11.8 Å². The van der Waals surface area contributed by atoms with Crippen LogP contribution in [0.25, 0.3) is 6.08 Å². The molecule has 0 radical (unpaired) electrons. The third-order valence-corrected chi connectivity index (χ3v) is 5.49. The first-order valence-corrected chi connectivity index (χ1v) is 10.0. The Kier molecular flexibility index (Phi) is 5.54. The van der Waals surface area contributed by atoms with Crippen LogP contribution in [0.3, 0.4) is 0 Å². The number of carboxylic acids is 1. The van der Waals surface area contributed by atoms with Crippen LogP contribution in [0.15, 0.2) is 82.7 Å². The van der Waals surface area contributed by atoms with Crippen LogP contribution < -0.4 is 4.74 Å². The second-order valence-corrected chi connectivity index (χ2v) is 7.62. The van der Waals surface area contributed by atoms with E-state index in [0.717, 1.165) is 16.9 Å². The van der Waals surface area contributed by atoms with Crippen molar-refractivity contribution in [2.45, 2.75) is 0 Å². The van der Waals surface area contributed by atoms with Crippen molar-refractivity contribution < 1.29 is 19.4 Å². The van der Waals surface area contributed by atoms with Gasteiger partial charge in [-0.1, -0.05) is 30.3 Å². The van der Waals surface area contributed by atoms with Crippen LogP contribution in [0, 0.1) is 0 Å². The Morgan fingerprint density at radius 2 is 2.10 bits per heavy atom. The van der Waals surface area contributed by atoms with Crippen molar-refractivity contribution >= 4 is 40.6 Å². The molecule has 6 nitrogen and oxygen atoms in total. The van der Waals surface area contributed by atoms with Crippen molar-refractivity contribution in [3.05, 3.63) is 88.9 Å². The van der Waals surface area contributed by atoms with Crippen LogP contribution in [0.1, 0.15) is 15.9 Å². The molecule has 0 unspecified atom stereocenters. The van der Waals surface area contributed by atoms with Crippen LogP contribution in [0.5, 0.6) is 5.75 Å². The van der Waals surface area contributed by atoms with E-state index < -0.39 is 5.97 Å². The molecule has 1 amide bonds. The molecule has 30 heavy (non-hydrogen) atoms. The number of nitrogens with zero attached hydrogens (tertiary/aromatic N) is 2. The summed E-state index contributed by atoms with van der Waals surface area (Å²) in [4.78, 5) is 30.7. The van der Waals surface area contributed by atoms with Crippen LogP contribution in [-0.4, -0.2) is 40.2 Å². The zero-order chi connectivity index (χ0) is 21.1. The van der Waals surface area contributed by atoms with Gasteiger partial charge in [-0.2, -0.15) is 0 Å². The van der Waals surface area contributed by atoms with E-state index in [9.17, 15) is 14.7 Å². The van der Waals surface area contributed by atoms with Crippen molar-refractivity contribution in [1.82, 2.24) is 4.90 Å². The molecule has 2 aromatic rings. The minimum Gasteiger partial charge on any atom is -0.488 e. The number of amidine groups is 1. The number of benzene rings is 2. The highest BCUT2D eigenvalue weighted by molar-refractivity contribution is 8.18. The number of carboxylic acid groups (broad SMARTS) is 1. The third kappa shape index (κ3) is 4.06. The van der Waals surface area contributed by atoms with E-state index >= 15 is 0 Å². The van der Waals surface area contributed by atoms with E-state index in [1.165, 1.54) is 28.8 Å². The molecule has 0 atom stereocenters. The zero-order valence-corrected chi connectivity index (χ0v) is 16.8. The lowest BCUT2D eigenvalue weighted by Crippen LogP contribution is -2.29. The first kappa shape index (κ1) is 19.7. The summed E-state index contributed by atoms with van der Waals surface area (Å²) in [6.07, 6.45) is 5.45. The summed E-state index contributed by atoms with van der Waals surface area (Å²) in [6, 6.07) is 14.0. The van der Waals surface area contributed by atoms with E-state index in [-0.39, 0.29) is 11.5 Å². The summed E-state index contributed by atoms with van der Waals surface area (Å²) in [6.45, 7) is 4.40. The van der Waals surface area contributed by atoms with Gasteiger partial charge in [0.05, 0.1) is 16.2 Å². The number of ether oxygens (including phenoxy) is 1. The molecule has 7 heteroatoms. The van der Waals surface area contributed by atoms with Gasteiger partial charge in [0.2, 0.25) is 0 Å². The molecule has 150 valence electrons. The minimum atomic E-state index is -1.03. The minimum absolute atomic E-state index is 0.139. The van der Waals surface area contributed by atoms with Crippen LogP contribution in [0.2, 0.25) is 0 Å². The molecular weight excluding hydrogens is 400 g/mol. The van der Waals surface area contributed by atoms with Gasteiger partial charge >= 0.3 is 5.97 Å². The third-order valence-electron chi connectivity index (χ3n) is 4.49.